The van der Waals surface area contributed by atoms with Crippen LogP contribution in [-0.2, 0) is 6.42 Å². The van der Waals surface area contributed by atoms with E-state index in [1.807, 2.05) is 19.9 Å². The third-order valence-corrected chi connectivity index (χ3v) is 2.67. The van der Waals surface area contributed by atoms with E-state index in [4.69, 9.17) is 0 Å². The van der Waals surface area contributed by atoms with Gasteiger partial charge in [0.2, 0.25) is 0 Å². The lowest BCUT2D eigenvalue weighted by atomic mass is 10.1. The van der Waals surface area contributed by atoms with E-state index < -0.39 is 0 Å². The highest BCUT2D eigenvalue weighted by Crippen LogP contribution is 2.30. The number of fused-ring (bicyclic) bond motifs is 1. The van der Waals surface area contributed by atoms with Crippen molar-refractivity contribution in [1.82, 2.24) is 4.98 Å². The molecule has 0 aliphatic carbocycles. The number of aromatic nitrogens is 1. The van der Waals surface area contributed by atoms with Gasteiger partial charge in [0.15, 0.2) is 0 Å². The molecule has 78 valence electrons. The van der Waals surface area contributed by atoms with Crippen LogP contribution < -0.4 is 0 Å². The summed E-state index contributed by atoms with van der Waals surface area (Å²) >= 11 is 0. The third kappa shape index (κ3) is 1.38. The normalized spacial score (nSPS) is 10.8. The molecule has 0 saturated carbocycles. The number of rotatable bonds is 2. The minimum absolute atomic E-state index is 0.189. The van der Waals surface area contributed by atoms with Gasteiger partial charge in [0, 0.05) is 11.8 Å². The monoisotopic (exact) mass is 204 g/mol. The fraction of sp³-hybridized carbons (Fsp3) is 0.273. The first-order valence-electron chi connectivity index (χ1n) is 4.89. The van der Waals surface area contributed by atoms with Crippen molar-refractivity contribution in [2.24, 2.45) is 0 Å². The number of nitrogens with one attached hydrogen (secondary N) is 1. The van der Waals surface area contributed by atoms with E-state index >= 15 is 0 Å². The van der Waals surface area contributed by atoms with Crippen LogP contribution in [0.15, 0.2) is 18.2 Å². The predicted octanol–water partition coefficient (Wildman–Crippen LogP) is 2.95. The van der Waals surface area contributed by atoms with Crippen LogP contribution >= 0.6 is 0 Å². The second-order valence-corrected chi connectivity index (χ2v) is 3.54. The topological polar surface area (TPSA) is 58.9 Å². The lowest BCUT2D eigenvalue weighted by Crippen LogP contribution is -1.90. The molecule has 0 fully saturated rings. The summed E-state index contributed by atoms with van der Waals surface area (Å²) in [6, 6.07) is 5.12. The van der Waals surface area contributed by atoms with Gasteiger partial charge in [0.05, 0.1) is 15.8 Å². The van der Waals surface area contributed by atoms with E-state index in [1.54, 1.807) is 12.1 Å². The van der Waals surface area contributed by atoms with Gasteiger partial charge < -0.3 is 4.98 Å². The Morgan fingerprint density at radius 2 is 2.20 bits per heavy atom. The number of nitrogens with zero attached hydrogens (tertiary/aromatic N) is 1. The Bertz CT molecular complexity index is 529. The van der Waals surface area contributed by atoms with Crippen LogP contribution in [0.25, 0.3) is 10.9 Å². The number of aryl methyl sites for hydroxylation is 2. The number of nitro groups is 1. The Hall–Kier alpha value is -1.84. The van der Waals surface area contributed by atoms with E-state index in [0.29, 0.717) is 0 Å². The molecular weight excluding hydrogens is 192 g/mol. The number of hydrogen-bond donors (Lipinski definition) is 1. The number of non-ortho nitro benzene ring substituents is 1. The van der Waals surface area contributed by atoms with Crippen molar-refractivity contribution >= 4 is 16.6 Å². The second kappa shape index (κ2) is 3.38. The zero-order chi connectivity index (χ0) is 11.0. The lowest BCUT2D eigenvalue weighted by molar-refractivity contribution is -0.383. The maximum atomic E-state index is 10.9. The molecule has 4 nitrogen and oxygen atoms in total. The Kier molecular flexibility index (Phi) is 2.19. The molecule has 0 unspecified atom stereocenters. The van der Waals surface area contributed by atoms with E-state index in [-0.39, 0.29) is 10.6 Å². The van der Waals surface area contributed by atoms with Crippen LogP contribution in [0.5, 0.6) is 0 Å². The van der Waals surface area contributed by atoms with E-state index in [2.05, 4.69) is 4.98 Å². The molecule has 0 saturated heterocycles. The number of H-pyrrole nitrogens is 1. The molecule has 0 aliphatic rings. The van der Waals surface area contributed by atoms with Crippen molar-refractivity contribution in [3.8, 4) is 0 Å². The maximum absolute atomic E-state index is 10.9. The second-order valence-electron chi connectivity index (χ2n) is 3.54. The standard InChI is InChI=1S/C11H12N2O2/c1-3-8-7(2)12-9-5-4-6-10(11(8)9)13(14)15/h4-6,12H,3H2,1-2H3. The van der Waals surface area contributed by atoms with Crippen LogP contribution in [0.4, 0.5) is 5.69 Å². The molecule has 1 aromatic carbocycles. The summed E-state index contributed by atoms with van der Waals surface area (Å²) < 4.78 is 0. The molecule has 0 spiro atoms. The highest BCUT2D eigenvalue weighted by molar-refractivity contribution is 5.92. The highest BCUT2D eigenvalue weighted by atomic mass is 16.6. The molecule has 0 atom stereocenters. The molecule has 0 aliphatic heterocycles. The summed E-state index contributed by atoms with van der Waals surface area (Å²) in [5, 5.41) is 11.6. The first-order chi connectivity index (χ1) is 7.15. The Morgan fingerprint density at radius 1 is 1.47 bits per heavy atom. The minimum Gasteiger partial charge on any atom is -0.358 e. The SMILES string of the molecule is CCc1c(C)[nH]c2cccc([N+](=O)[O-])c12. The maximum Gasteiger partial charge on any atom is 0.279 e. The molecule has 0 bridgehead atoms. The summed E-state index contributed by atoms with van der Waals surface area (Å²) in [5.74, 6) is 0. The fourth-order valence-corrected chi connectivity index (χ4v) is 2.02. The molecule has 1 heterocycles. The van der Waals surface area contributed by atoms with Gasteiger partial charge in [0.25, 0.3) is 5.69 Å². The van der Waals surface area contributed by atoms with Gasteiger partial charge in [0.1, 0.15) is 0 Å². The van der Waals surface area contributed by atoms with Crippen LogP contribution in [-0.4, -0.2) is 9.91 Å². The van der Waals surface area contributed by atoms with Gasteiger partial charge in [-0.25, -0.2) is 0 Å². The molecule has 0 amide bonds. The molecule has 2 aromatic rings. The fourth-order valence-electron chi connectivity index (χ4n) is 2.02. The van der Waals surface area contributed by atoms with E-state index in [1.165, 1.54) is 0 Å². The largest absolute Gasteiger partial charge is 0.358 e. The van der Waals surface area contributed by atoms with Gasteiger partial charge >= 0.3 is 0 Å². The number of aromatic amines is 1. The number of benzene rings is 1. The van der Waals surface area contributed by atoms with Gasteiger partial charge in [-0.1, -0.05) is 13.0 Å². The minimum atomic E-state index is -0.325. The summed E-state index contributed by atoms with van der Waals surface area (Å²) in [6.07, 6.45) is 0.802. The zero-order valence-electron chi connectivity index (χ0n) is 8.70. The smallest absolute Gasteiger partial charge is 0.279 e. The molecule has 15 heavy (non-hydrogen) atoms. The zero-order valence-corrected chi connectivity index (χ0v) is 8.70. The molecule has 2 rings (SSSR count). The van der Waals surface area contributed by atoms with Crippen molar-refractivity contribution in [2.75, 3.05) is 0 Å². The number of nitro benzene ring substituents is 1. The first kappa shape index (κ1) is 9.71. The lowest BCUT2D eigenvalue weighted by Gasteiger charge is -1.97. The van der Waals surface area contributed by atoms with Crippen molar-refractivity contribution in [3.63, 3.8) is 0 Å². The van der Waals surface area contributed by atoms with Crippen molar-refractivity contribution in [1.29, 1.82) is 0 Å². The average Bonchev–Trinajstić information content (AvgIpc) is 2.52. The molecular formula is C11H12N2O2. The van der Waals surface area contributed by atoms with E-state index in [9.17, 15) is 10.1 Å². The van der Waals surface area contributed by atoms with Crippen LogP contribution in [0, 0.1) is 17.0 Å². The molecule has 0 radical (unpaired) electrons. The summed E-state index contributed by atoms with van der Waals surface area (Å²) in [5.41, 5.74) is 3.09. The summed E-state index contributed by atoms with van der Waals surface area (Å²) in [7, 11) is 0. The summed E-state index contributed by atoms with van der Waals surface area (Å²) in [6.45, 7) is 3.95. The van der Waals surface area contributed by atoms with Crippen LogP contribution in [0.3, 0.4) is 0 Å². The molecule has 1 N–H and O–H groups in total. The Labute approximate surface area is 87.1 Å². The van der Waals surface area contributed by atoms with Gasteiger partial charge in [-0.3, -0.25) is 10.1 Å². The third-order valence-electron chi connectivity index (χ3n) is 2.67. The van der Waals surface area contributed by atoms with Crippen molar-refractivity contribution < 1.29 is 4.92 Å². The number of hydrogen-bond acceptors (Lipinski definition) is 2. The van der Waals surface area contributed by atoms with Crippen molar-refractivity contribution in [3.05, 3.63) is 39.6 Å². The molecule has 1 aromatic heterocycles. The van der Waals surface area contributed by atoms with Crippen LogP contribution in [0.1, 0.15) is 18.2 Å². The Balaban J connectivity index is 2.87. The Morgan fingerprint density at radius 3 is 2.80 bits per heavy atom. The quantitative estimate of drug-likeness (QED) is 0.604. The summed E-state index contributed by atoms with van der Waals surface area (Å²) in [4.78, 5) is 13.7. The van der Waals surface area contributed by atoms with E-state index in [0.717, 1.165) is 28.6 Å². The highest BCUT2D eigenvalue weighted by Gasteiger charge is 2.17. The van der Waals surface area contributed by atoms with Gasteiger partial charge in [-0.05, 0) is 25.0 Å². The molecule has 4 heteroatoms. The van der Waals surface area contributed by atoms with Gasteiger partial charge in [-0.15, -0.1) is 0 Å². The van der Waals surface area contributed by atoms with Gasteiger partial charge in [-0.2, -0.15) is 0 Å². The van der Waals surface area contributed by atoms with Crippen LogP contribution in [0.2, 0.25) is 0 Å². The predicted molar refractivity (Wildman–Crippen MR) is 59.1 cm³/mol. The average molecular weight is 204 g/mol. The first-order valence-corrected chi connectivity index (χ1v) is 4.89. The van der Waals surface area contributed by atoms with Crippen molar-refractivity contribution in [2.45, 2.75) is 20.3 Å².